The van der Waals surface area contributed by atoms with Crippen LogP contribution >= 0.6 is 23.1 Å². The first-order valence-electron chi connectivity index (χ1n) is 9.17. The molecular weight excluding hydrogens is 418 g/mol. The third-order valence-corrected chi connectivity index (χ3v) is 6.25. The molecule has 5 aromatic rings. The van der Waals surface area contributed by atoms with Crippen molar-refractivity contribution >= 4 is 33.3 Å². The Balaban J connectivity index is 1.44. The minimum absolute atomic E-state index is 0.0407. The number of thioether (sulfide) groups is 1. The first-order valence-corrected chi connectivity index (χ1v) is 11.0. The molecule has 9 heteroatoms. The Morgan fingerprint density at radius 2 is 1.90 bits per heavy atom. The van der Waals surface area contributed by atoms with Crippen LogP contribution in [0, 0.1) is 0 Å². The van der Waals surface area contributed by atoms with Crippen LogP contribution in [0.3, 0.4) is 0 Å². The van der Waals surface area contributed by atoms with Gasteiger partial charge in [-0.05, 0) is 29.1 Å². The van der Waals surface area contributed by atoms with Crippen molar-refractivity contribution in [3.05, 3.63) is 88.0 Å². The lowest BCUT2D eigenvalue weighted by atomic mass is 10.2. The van der Waals surface area contributed by atoms with E-state index < -0.39 is 0 Å². The SMILES string of the molecule is O=c1c2sccc2nc(SCc2nc(-c3ccccn3)no2)n1Cc1ccccc1. The molecule has 0 unspecified atom stereocenters. The standard InChI is InChI=1S/C21H15N5O2S2/c27-20-18-15(9-11-29-18)23-21(26(20)12-14-6-2-1-3-7-14)30-13-17-24-19(25-28-17)16-8-4-5-10-22-16/h1-11H,12-13H2. The van der Waals surface area contributed by atoms with Gasteiger partial charge in [-0.2, -0.15) is 4.98 Å². The largest absolute Gasteiger partial charge is 0.338 e. The number of hydrogen-bond donors (Lipinski definition) is 0. The Morgan fingerprint density at radius 1 is 1.03 bits per heavy atom. The molecule has 148 valence electrons. The van der Waals surface area contributed by atoms with E-state index >= 15 is 0 Å². The number of benzene rings is 1. The van der Waals surface area contributed by atoms with Crippen LogP contribution in [0.15, 0.2) is 80.6 Å². The van der Waals surface area contributed by atoms with E-state index in [4.69, 9.17) is 9.51 Å². The molecular formula is C21H15N5O2S2. The average molecular weight is 434 g/mol. The first-order chi connectivity index (χ1) is 14.8. The molecule has 0 atom stereocenters. The van der Waals surface area contributed by atoms with Crippen LogP contribution in [0.5, 0.6) is 0 Å². The molecule has 0 aliphatic rings. The molecule has 4 aromatic heterocycles. The molecule has 1 aromatic carbocycles. The number of fused-ring (bicyclic) bond motifs is 1. The monoisotopic (exact) mass is 433 g/mol. The zero-order valence-corrected chi connectivity index (χ0v) is 17.3. The van der Waals surface area contributed by atoms with E-state index in [1.807, 2.05) is 60.0 Å². The van der Waals surface area contributed by atoms with Crippen LogP contribution in [-0.4, -0.2) is 24.7 Å². The molecule has 0 saturated heterocycles. The van der Waals surface area contributed by atoms with Gasteiger partial charge in [0.05, 0.1) is 17.8 Å². The van der Waals surface area contributed by atoms with Gasteiger partial charge in [-0.25, -0.2) is 4.98 Å². The summed E-state index contributed by atoms with van der Waals surface area (Å²) in [4.78, 5) is 26.4. The normalized spacial score (nSPS) is 11.2. The predicted octanol–water partition coefficient (Wildman–Crippen LogP) is 4.24. The molecule has 0 radical (unpaired) electrons. The van der Waals surface area contributed by atoms with Crippen LogP contribution < -0.4 is 5.56 Å². The maximum atomic E-state index is 13.1. The van der Waals surface area contributed by atoms with Gasteiger partial charge in [-0.15, -0.1) is 11.3 Å². The summed E-state index contributed by atoms with van der Waals surface area (Å²) < 4.78 is 7.73. The molecule has 7 nitrogen and oxygen atoms in total. The average Bonchev–Trinajstić information content (AvgIpc) is 3.46. The number of pyridine rings is 1. The van der Waals surface area contributed by atoms with Crippen LogP contribution in [0.2, 0.25) is 0 Å². The minimum Gasteiger partial charge on any atom is -0.338 e. The van der Waals surface area contributed by atoms with Crippen LogP contribution in [0.4, 0.5) is 0 Å². The van der Waals surface area contributed by atoms with Gasteiger partial charge in [0.25, 0.3) is 5.56 Å². The number of thiophene rings is 1. The predicted molar refractivity (Wildman–Crippen MR) is 117 cm³/mol. The highest BCUT2D eigenvalue weighted by molar-refractivity contribution is 7.98. The summed E-state index contributed by atoms with van der Waals surface area (Å²) >= 11 is 2.81. The van der Waals surface area contributed by atoms with Gasteiger partial charge >= 0.3 is 0 Å². The van der Waals surface area contributed by atoms with Crippen molar-refractivity contribution in [3.63, 3.8) is 0 Å². The fraction of sp³-hybridized carbons (Fsp3) is 0.0952. The highest BCUT2D eigenvalue weighted by Gasteiger charge is 2.16. The van der Waals surface area contributed by atoms with Crippen molar-refractivity contribution in [2.45, 2.75) is 17.5 Å². The van der Waals surface area contributed by atoms with Crippen molar-refractivity contribution in [2.75, 3.05) is 0 Å². The summed E-state index contributed by atoms with van der Waals surface area (Å²) in [5.74, 6) is 1.29. The zero-order chi connectivity index (χ0) is 20.3. The third kappa shape index (κ3) is 3.77. The van der Waals surface area contributed by atoms with Gasteiger partial charge in [-0.1, -0.05) is 53.3 Å². The van der Waals surface area contributed by atoms with E-state index in [9.17, 15) is 4.79 Å². The van der Waals surface area contributed by atoms with Gasteiger partial charge in [0.15, 0.2) is 5.16 Å². The lowest BCUT2D eigenvalue weighted by Crippen LogP contribution is -2.23. The maximum absolute atomic E-state index is 13.1. The van der Waals surface area contributed by atoms with E-state index in [2.05, 4.69) is 15.1 Å². The van der Waals surface area contributed by atoms with Gasteiger partial charge in [0.1, 0.15) is 10.4 Å². The van der Waals surface area contributed by atoms with E-state index in [1.54, 1.807) is 10.8 Å². The second-order valence-corrected chi connectivity index (χ2v) is 8.28. The molecule has 0 fully saturated rings. The molecule has 4 heterocycles. The van der Waals surface area contributed by atoms with E-state index in [0.29, 0.717) is 45.1 Å². The Hall–Kier alpha value is -3.30. The second-order valence-electron chi connectivity index (χ2n) is 6.42. The molecule has 0 N–H and O–H groups in total. The Bertz CT molecular complexity index is 1350. The molecule has 0 aliphatic heterocycles. The van der Waals surface area contributed by atoms with Crippen LogP contribution in [0.25, 0.3) is 21.7 Å². The molecule has 0 amide bonds. The highest BCUT2D eigenvalue weighted by Crippen LogP contribution is 2.25. The van der Waals surface area contributed by atoms with Crippen molar-refractivity contribution < 1.29 is 4.52 Å². The van der Waals surface area contributed by atoms with Crippen molar-refractivity contribution in [1.29, 1.82) is 0 Å². The minimum atomic E-state index is -0.0407. The zero-order valence-electron chi connectivity index (χ0n) is 15.6. The number of nitrogens with zero attached hydrogens (tertiary/aromatic N) is 5. The quantitative estimate of drug-likeness (QED) is 0.292. The van der Waals surface area contributed by atoms with Crippen LogP contribution in [-0.2, 0) is 12.3 Å². The van der Waals surface area contributed by atoms with E-state index in [0.717, 1.165) is 5.56 Å². The lowest BCUT2D eigenvalue weighted by Gasteiger charge is -2.11. The smallest absolute Gasteiger partial charge is 0.272 e. The summed E-state index contributed by atoms with van der Waals surface area (Å²) in [7, 11) is 0. The molecule has 30 heavy (non-hydrogen) atoms. The van der Waals surface area contributed by atoms with Gasteiger partial charge in [0, 0.05) is 6.20 Å². The summed E-state index contributed by atoms with van der Waals surface area (Å²) in [5, 5.41) is 6.50. The number of aromatic nitrogens is 5. The summed E-state index contributed by atoms with van der Waals surface area (Å²) in [6, 6.07) is 17.3. The van der Waals surface area contributed by atoms with E-state index in [-0.39, 0.29) is 5.56 Å². The third-order valence-electron chi connectivity index (χ3n) is 4.40. The Kier molecular flexibility index (Phi) is 5.12. The number of rotatable bonds is 6. The Labute approximate surface area is 179 Å². The highest BCUT2D eigenvalue weighted by atomic mass is 32.2. The molecule has 0 bridgehead atoms. The maximum Gasteiger partial charge on any atom is 0.272 e. The summed E-state index contributed by atoms with van der Waals surface area (Å²) in [5.41, 5.74) is 2.35. The second kappa shape index (κ2) is 8.21. The molecule has 0 saturated carbocycles. The molecule has 0 aliphatic carbocycles. The van der Waals surface area contributed by atoms with Gasteiger partial charge in [-0.3, -0.25) is 14.3 Å². The summed E-state index contributed by atoms with van der Waals surface area (Å²) in [6.07, 6.45) is 1.68. The summed E-state index contributed by atoms with van der Waals surface area (Å²) in [6.45, 7) is 0.450. The number of hydrogen-bond acceptors (Lipinski definition) is 8. The van der Waals surface area contributed by atoms with E-state index in [1.165, 1.54) is 23.1 Å². The van der Waals surface area contributed by atoms with Crippen molar-refractivity contribution in [3.8, 4) is 11.5 Å². The molecule has 5 rings (SSSR count). The van der Waals surface area contributed by atoms with Crippen molar-refractivity contribution in [1.82, 2.24) is 24.7 Å². The lowest BCUT2D eigenvalue weighted by molar-refractivity contribution is 0.391. The fourth-order valence-corrected chi connectivity index (χ4v) is 4.59. The van der Waals surface area contributed by atoms with Crippen LogP contribution in [0.1, 0.15) is 11.5 Å². The Morgan fingerprint density at radius 3 is 2.73 bits per heavy atom. The van der Waals surface area contributed by atoms with Gasteiger partial charge < -0.3 is 4.52 Å². The topological polar surface area (TPSA) is 86.7 Å². The fourth-order valence-electron chi connectivity index (χ4n) is 2.98. The first kappa shape index (κ1) is 18.7. The van der Waals surface area contributed by atoms with Crippen molar-refractivity contribution in [2.24, 2.45) is 0 Å². The molecule has 0 spiro atoms. The van der Waals surface area contributed by atoms with Gasteiger partial charge in [0.2, 0.25) is 11.7 Å².